The van der Waals surface area contributed by atoms with E-state index in [9.17, 15) is 84.0 Å². The van der Waals surface area contributed by atoms with E-state index < -0.39 is 167 Å². The first kappa shape index (κ1) is 80.5. The lowest BCUT2D eigenvalue weighted by Crippen LogP contribution is -2.53. The Kier molecular flexibility index (Phi) is 48.2. The molecule has 0 unspecified atom stereocenters. The van der Waals surface area contributed by atoms with Crippen LogP contribution in [0.1, 0.15) is 32.1 Å². The van der Waals surface area contributed by atoms with E-state index in [1.165, 1.54) is 0 Å². The minimum Gasteiger partial charge on any atom is -0.481 e. The molecule has 0 aliphatic heterocycles. The lowest BCUT2D eigenvalue weighted by Gasteiger charge is -2.26. The molecule has 0 aromatic carbocycles. The van der Waals surface area contributed by atoms with Gasteiger partial charge < -0.3 is 142 Å². The van der Waals surface area contributed by atoms with Crippen LogP contribution in [0.4, 0.5) is 0 Å². The summed E-state index contributed by atoms with van der Waals surface area (Å²) in [6, 6.07) is -2.53. The van der Waals surface area contributed by atoms with E-state index in [1.54, 1.807) is 0 Å². The van der Waals surface area contributed by atoms with Gasteiger partial charge in [0.05, 0.1) is 163 Å². The largest absolute Gasteiger partial charge is 0.481 e. The molecule has 0 radical (unpaired) electrons. The maximum atomic E-state index is 13.0. The Bertz CT molecular complexity index is 1900. The number of rotatable bonds is 56. The Hall–Kier alpha value is -5.53. The third kappa shape index (κ3) is 43.2. The smallest absolute Gasteiger partial charge is 0.303 e. The molecule has 0 aromatic rings. The molecule has 0 rings (SSSR count). The molecule has 37 heteroatoms. The Morgan fingerprint density at radius 2 is 0.698 bits per heavy atom. The number of ether oxygens (including phenoxy) is 8. The van der Waals surface area contributed by atoms with Gasteiger partial charge in [-0.1, -0.05) is 0 Å². The molecule has 0 heterocycles. The molecular formula is C49H91N9O28. The number of hydrogen-bond acceptors (Lipinski definition) is 28. The van der Waals surface area contributed by atoms with E-state index in [1.807, 2.05) is 0 Å². The number of aliphatic hydroxyl groups is 10. The molecule has 0 spiro atoms. The van der Waals surface area contributed by atoms with Crippen LogP contribution in [0.2, 0.25) is 0 Å². The molecule has 0 saturated heterocycles. The monoisotopic (exact) mass is 1250 g/mol. The number of nitrogens with two attached hydrogens (primary N) is 1. The average Bonchev–Trinajstić information content (AvgIpc) is 3.68. The number of carboxylic acids is 1. The lowest BCUT2D eigenvalue weighted by atomic mass is 10.0. The predicted molar refractivity (Wildman–Crippen MR) is 290 cm³/mol. The third-order valence-electron chi connectivity index (χ3n) is 11.4. The molecule has 500 valence electrons. The van der Waals surface area contributed by atoms with Gasteiger partial charge >= 0.3 is 5.97 Å². The van der Waals surface area contributed by atoms with Crippen LogP contribution in [-0.2, 0) is 81.0 Å². The van der Waals surface area contributed by atoms with Gasteiger partial charge in [0.25, 0.3) is 0 Å². The maximum absolute atomic E-state index is 13.0. The second-order valence-electron chi connectivity index (χ2n) is 18.4. The van der Waals surface area contributed by atoms with Gasteiger partial charge in [0, 0.05) is 38.9 Å². The summed E-state index contributed by atoms with van der Waals surface area (Å²) < 4.78 is 43.4. The number of amides is 8. The van der Waals surface area contributed by atoms with Gasteiger partial charge in [-0.3, -0.25) is 43.2 Å². The van der Waals surface area contributed by atoms with Crippen LogP contribution in [0.25, 0.3) is 0 Å². The Morgan fingerprint density at radius 1 is 0.349 bits per heavy atom. The number of carbonyl (C=O) groups excluding carboxylic acids is 8. The van der Waals surface area contributed by atoms with Crippen molar-refractivity contribution in [3.63, 3.8) is 0 Å². The van der Waals surface area contributed by atoms with Crippen molar-refractivity contribution in [2.24, 2.45) is 5.73 Å². The molecule has 10 atom stereocenters. The number of carbonyl (C=O) groups is 9. The summed E-state index contributed by atoms with van der Waals surface area (Å²) in [5.74, 6) is -6.85. The standard InChI is InChI=1S/C49H91N9O28/c50-31(1-4-43(71)72)48(77)57-28-42(70)55-27-41(69)54-26-40(68)53-25-39(67)51-6-8-80-10-12-82-14-16-84-18-20-86-22-21-85-19-17-83-15-13-81-11-9-79-7-5-38(66)58-32(49(78)56-24-34(62)45(74)47(76)36(64)30-60)2-3-37(65)52-23-33(61)44(73)46(75)35(63)29-59/h31-36,44-47,59-64,73-76H,1-30,50H2,(H,51,67)(H,52,65)(H,53,68)(H,54,69)(H,55,70)(H,56,78)(H,57,77)(H,58,66)(H,71,72)/t31-,32-,33-,34-,35+,36+,44+,45+,46+,47+/m0/s1. The lowest BCUT2D eigenvalue weighted by molar-refractivity contribution is -0.137. The van der Waals surface area contributed by atoms with Crippen molar-refractivity contribution in [1.82, 2.24) is 42.5 Å². The molecule has 37 nitrogen and oxygen atoms in total. The highest BCUT2D eigenvalue weighted by atomic mass is 16.6. The zero-order valence-electron chi connectivity index (χ0n) is 47.9. The van der Waals surface area contributed by atoms with Crippen LogP contribution in [0.15, 0.2) is 0 Å². The van der Waals surface area contributed by atoms with Crippen molar-refractivity contribution in [2.75, 3.05) is 165 Å². The molecule has 0 aliphatic rings. The average molecular weight is 1250 g/mol. The van der Waals surface area contributed by atoms with Crippen molar-refractivity contribution in [1.29, 1.82) is 0 Å². The number of aliphatic carboxylic acids is 1. The predicted octanol–water partition coefficient (Wildman–Crippen LogP) is -12.3. The summed E-state index contributed by atoms with van der Waals surface area (Å²) in [5, 5.41) is 124. The van der Waals surface area contributed by atoms with Crippen molar-refractivity contribution in [3.05, 3.63) is 0 Å². The van der Waals surface area contributed by atoms with E-state index >= 15 is 0 Å². The van der Waals surface area contributed by atoms with E-state index in [2.05, 4.69) is 42.5 Å². The summed E-state index contributed by atoms with van der Waals surface area (Å²) in [6.45, 7) is -0.861. The van der Waals surface area contributed by atoms with Gasteiger partial charge in [-0.2, -0.15) is 0 Å². The van der Waals surface area contributed by atoms with Crippen LogP contribution in [0.5, 0.6) is 0 Å². The van der Waals surface area contributed by atoms with Gasteiger partial charge in [-0.25, -0.2) is 0 Å². The minimum absolute atomic E-state index is 0.0987. The second kappa shape index (κ2) is 51.5. The molecule has 0 aromatic heterocycles. The summed E-state index contributed by atoms with van der Waals surface area (Å²) in [5.41, 5.74) is 5.53. The first-order chi connectivity index (χ1) is 41.0. The second-order valence-corrected chi connectivity index (χ2v) is 18.4. The number of aliphatic hydroxyl groups excluding tert-OH is 10. The summed E-state index contributed by atoms with van der Waals surface area (Å²) >= 11 is 0. The SMILES string of the molecule is N[C@@H](CCC(=O)O)C(=O)NCC(=O)NCC(=O)NCC(=O)NCC(=O)NCCOCCOCCOCCOCCOCCOCCOCCOCCC(=O)N[C@@H](CCC(=O)NC[C@H](O)[C@@H](O)[C@H](O)[C@H](O)CO)C(=O)NC[C@H](O)[C@@H](O)[C@H](O)[C@H](O)CO. The van der Waals surface area contributed by atoms with Gasteiger partial charge in [0.15, 0.2) is 0 Å². The van der Waals surface area contributed by atoms with Gasteiger partial charge in [-0.15, -0.1) is 0 Å². The normalized spacial score (nSPS) is 14.8. The van der Waals surface area contributed by atoms with Crippen molar-refractivity contribution in [2.45, 2.75) is 93.0 Å². The Morgan fingerprint density at radius 3 is 1.09 bits per heavy atom. The summed E-state index contributed by atoms with van der Waals surface area (Å²) in [7, 11) is 0. The molecule has 0 bridgehead atoms. The molecule has 0 saturated carbocycles. The molecule has 0 aliphatic carbocycles. The Balaban J connectivity index is 3.99. The highest BCUT2D eigenvalue weighted by Gasteiger charge is 2.32. The zero-order chi connectivity index (χ0) is 64.5. The van der Waals surface area contributed by atoms with Gasteiger partial charge in [-0.05, 0) is 12.8 Å². The maximum Gasteiger partial charge on any atom is 0.303 e. The van der Waals surface area contributed by atoms with Crippen molar-refractivity contribution >= 4 is 53.2 Å². The van der Waals surface area contributed by atoms with Gasteiger partial charge in [0.2, 0.25) is 47.3 Å². The topological polar surface area (TPSA) is 572 Å². The number of carboxylic acid groups (broad SMARTS) is 1. The van der Waals surface area contributed by atoms with Crippen molar-refractivity contribution in [3.8, 4) is 0 Å². The zero-order valence-corrected chi connectivity index (χ0v) is 47.9. The molecular weight excluding hydrogens is 1160 g/mol. The van der Waals surface area contributed by atoms with Crippen LogP contribution in [0, 0.1) is 0 Å². The quantitative estimate of drug-likeness (QED) is 0.0251. The molecule has 8 amide bonds. The molecule has 86 heavy (non-hydrogen) atoms. The van der Waals surface area contributed by atoms with E-state index in [4.69, 9.17) is 58.9 Å². The number of hydrogen-bond donors (Lipinski definition) is 20. The third-order valence-corrected chi connectivity index (χ3v) is 11.4. The van der Waals surface area contributed by atoms with Crippen LogP contribution < -0.4 is 48.3 Å². The minimum atomic E-state index is -2.00. The summed E-state index contributed by atoms with van der Waals surface area (Å²) in [4.78, 5) is 108. The fraction of sp³-hybridized carbons (Fsp3) is 0.816. The van der Waals surface area contributed by atoms with Crippen molar-refractivity contribution < 1.29 is 137 Å². The van der Waals surface area contributed by atoms with Gasteiger partial charge in [0.1, 0.15) is 42.7 Å². The van der Waals surface area contributed by atoms with Crippen LogP contribution >= 0.6 is 0 Å². The van der Waals surface area contributed by atoms with Crippen LogP contribution in [-0.4, -0.2) is 335 Å². The highest BCUT2D eigenvalue weighted by Crippen LogP contribution is 2.08. The first-order valence-electron chi connectivity index (χ1n) is 27.5. The fourth-order valence-electron chi connectivity index (χ4n) is 6.38. The first-order valence-corrected chi connectivity index (χ1v) is 27.5. The summed E-state index contributed by atoms with van der Waals surface area (Å²) in [6.07, 6.45) is -16.5. The Labute approximate surface area is 495 Å². The fourth-order valence-corrected chi connectivity index (χ4v) is 6.38. The highest BCUT2D eigenvalue weighted by molar-refractivity contribution is 5.92. The number of nitrogens with one attached hydrogen (secondary N) is 8. The van der Waals surface area contributed by atoms with Crippen LogP contribution in [0.3, 0.4) is 0 Å². The van der Waals surface area contributed by atoms with E-state index in [0.717, 1.165) is 0 Å². The van der Waals surface area contributed by atoms with E-state index in [0.29, 0.717) is 52.9 Å². The molecule has 0 fully saturated rings. The molecule has 21 N–H and O–H groups in total. The van der Waals surface area contributed by atoms with E-state index in [-0.39, 0.29) is 91.6 Å².